The summed E-state index contributed by atoms with van der Waals surface area (Å²) in [5.74, 6) is 0.184. The fourth-order valence-electron chi connectivity index (χ4n) is 2.81. The second-order valence-electron chi connectivity index (χ2n) is 5.34. The van der Waals surface area contributed by atoms with Gasteiger partial charge in [-0.15, -0.1) is 6.58 Å². The van der Waals surface area contributed by atoms with Crippen LogP contribution in [0.15, 0.2) is 67.3 Å². The highest BCUT2D eigenvalue weighted by molar-refractivity contribution is 6.30. The van der Waals surface area contributed by atoms with Crippen molar-refractivity contribution in [2.75, 3.05) is 5.32 Å². The van der Waals surface area contributed by atoms with Gasteiger partial charge in [-0.2, -0.15) is 0 Å². The first-order valence-corrected chi connectivity index (χ1v) is 7.30. The minimum absolute atomic E-state index is 0.0147. The summed E-state index contributed by atoms with van der Waals surface area (Å²) in [4.78, 5) is 12.8. The van der Waals surface area contributed by atoms with E-state index < -0.39 is 5.41 Å². The molecule has 0 saturated heterocycles. The van der Waals surface area contributed by atoms with E-state index in [0.717, 1.165) is 17.7 Å². The summed E-state index contributed by atoms with van der Waals surface area (Å²) in [5, 5.41) is 3.68. The molecule has 1 saturated carbocycles. The van der Waals surface area contributed by atoms with Crippen molar-refractivity contribution in [3.63, 3.8) is 0 Å². The van der Waals surface area contributed by atoms with E-state index in [0.29, 0.717) is 5.02 Å². The standard InChI is InChI=1S/C18H16ClNO/c1-2-13-12-18(13,14-8-10-15(19)11-9-14)17(21)20-16-6-4-3-5-7-16/h2-11,13H,1,12H2,(H,20,21). The Hall–Kier alpha value is -2.06. The number of nitrogens with one attached hydrogen (secondary N) is 1. The van der Waals surface area contributed by atoms with Crippen molar-refractivity contribution in [1.82, 2.24) is 0 Å². The lowest BCUT2D eigenvalue weighted by atomic mass is 9.92. The third-order valence-corrected chi connectivity index (χ3v) is 4.35. The summed E-state index contributed by atoms with van der Waals surface area (Å²) < 4.78 is 0. The van der Waals surface area contributed by atoms with Gasteiger partial charge < -0.3 is 5.32 Å². The topological polar surface area (TPSA) is 29.1 Å². The van der Waals surface area contributed by atoms with E-state index in [1.165, 1.54) is 0 Å². The van der Waals surface area contributed by atoms with Crippen LogP contribution in [0.2, 0.25) is 5.02 Å². The normalized spacial score (nSPS) is 23.4. The monoisotopic (exact) mass is 297 g/mol. The molecule has 0 bridgehead atoms. The summed E-state index contributed by atoms with van der Waals surface area (Å²) in [5.41, 5.74) is 1.29. The lowest BCUT2D eigenvalue weighted by molar-refractivity contribution is -0.118. The molecule has 2 atom stereocenters. The molecule has 1 aliphatic rings. The maximum absolute atomic E-state index is 12.8. The minimum Gasteiger partial charge on any atom is -0.325 e. The van der Waals surface area contributed by atoms with Crippen LogP contribution < -0.4 is 5.32 Å². The van der Waals surface area contributed by atoms with Crippen molar-refractivity contribution in [1.29, 1.82) is 0 Å². The molecular formula is C18H16ClNO. The zero-order valence-corrected chi connectivity index (χ0v) is 12.3. The molecule has 2 nitrogen and oxygen atoms in total. The predicted octanol–water partition coefficient (Wildman–Crippen LogP) is 4.42. The van der Waals surface area contributed by atoms with E-state index >= 15 is 0 Å². The van der Waals surface area contributed by atoms with E-state index in [2.05, 4.69) is 11.9 Å². The van der Waals surface area contributed by atoms with Crippen LogP contribution in [0.3, 0.4) is 0 Å². The van der Waals surface area contributed by atoms with Crippen LogP contribution in [0.4, 0.5) is 5.69 Å². The maximum atomic E-state index is 12.8. The number of carbonyl (C=O) groups excluding carboxylic acids is 1. The molecule has 2 unspecified atom stereocenters. The molecule has 3 heteroatoms. The van der Waals surface area contributed by atoms with Crippen LogP contribution in [0.25, 0.3) is 0 Å². The highest BCUT2D eigenvalue weighted by Gasteiger charge is 2.59. The minimum atomic E-state index is -0.512. The quantitative estimate of drug-likeness (QED) is 0.832. The Kier molecular flexibility index (Phi) is 3.56. The predicted molar refractivity (Wildman–Crippen MR) is 86.5 cm³/mol. The molecule has 1 aliphatic carbocycles. The zero-order chi connectivity index (χ0) is 14.9. The van der Waals surface area contributed by atoms with Crippen LogP contribution in [-0.4, -0.2) is 5.91 Å². The average Bonchev–Trinajstić information content (AvgIpc) is 3.25. The Morgan fingerprint density at radius 2 is 1.86 bits per heavy atom. The summed E-state index contributed by atoms with van der Waals surface area (Å²) in [7, 11) is 0. The first-order valence-electron chi connectivity index (χ1n) is 6.92. The molecule has 21 heavy (non-hydrogen) atoms. The molecule has 1 N–H and O–H groups in total. The van der Waals surface area contributed by atoms with E-state index in [1.807, 2.05) is 60.7 Å². The van der Waals surface area contributed by atoms with Crippen LogP contribution in [-0.2, 0) is 10.2 Å². The van der Waals surface area contributed by atoms with Gasteiger partial charge in [-0.1, -0.05) is 48.0 Å². The number of hydrogen-bond donors (Lipinski definition) is 1. The number of amides is 1. The Bertz CT molecular complexity index is 665. The van der Waals surface area contributed by atoms with Crippen LogP contribution >= 0.6 is 11.6 Å². The molecule has 1 amide bonds. The molecule has 0 spiro atoms. The third kappa shape index (κ3) is 2.47. The fourth-order valence-corrected chi connectivity index (χ4v) is 2.93. The van der Waals surface area contributed by atoms with Gasteiger partial charge in [0.15, 0.2) is 0 Å². The number of anilines is 1. The molecular weight excluding hydrogens is 282 g/mol. The molecule has 106 valence electrons. The van der Waals surface area contributed by atoms with Crippen LogP contribution in [0.1, 0.15) is 12.0 Å². The van der Waals surface area contributed by atoms with Gasteiger partial charge in [-0.05, 0) is 42.2 Å². The summed E-state index contributed by atoms with van der Waals surface area (Å²) in [6.07, 6.45) is 2.65. The van der Waals surface area contributed by atoms with Gasteiger partial charge in [0.05, 0.1) is 5.41 Å². The summed E-state index contributed by atoms with van der Waals surface area (Å²) in [6.45, 7) is 3.84. The van der Waals surface area contributed by atoms with Crippen LogP contribution in [0, 0.1) is 5.92 Å². The Morgan fingerprint density at radius 1 is 1.19 bits per heavy atom. The highest BCUT2D eigenvalue weighted by atomic mass is 35.5. The van der Waals surface area contributed by atoms with Crippen molar-refractivity contribution >= 4 is 23.2 Å². The van der Waals surface area contributed by atoms with Gasteiger partial charge in [0, 0.05) is 10.7 Å². The Labute approximate surface area is 129 Å². The van der Waals surface area contributed by atoms with Crippen molar-refractivity contribution < 1.29 is 4.79 Å². The summed E-state index contributed by atoms with van der Waals surface area (Å²) >= 11 is 5.94. The number of rotatable bonds is 4. The van der Waals surface area contributed by atoms with Gasteiger partial charge in [0.1, 0.15) is 0 Å². The third-order valence-electron chi connectivity index (χ3n) is 4.10. The largest absolute Gasteiger partial charge is 0.325 e. The second-order valence-corrected chi connectivity index (χ2v) is 5.78. The van der Waals surface area contributed by atoms with Crippen molar-refractivity contribution in [3.05, 3.63) is 77.8 Å². The average molecular weight is 298 g/mol. The van der Waals surface area contributed by atoms with Crippen molar-refractivity contribution in [2.45, 2.75) is 11.8 Å². The van der Waals surface area contributed by atoms with Gasteiger partial charge in [0.25, 0.3) is 0 Å². The fraction of sp³-hybridized carbons (Fsp3) is 0.167. The van der Waals surface area contributed by atoms with Gasteiger partial charge in [0.2, 0.25) is 5.91 Å². The van der Waals surface area contributed by atoms with E-state index in [9.17, 15) is 4.79 Å². The van der Waals surface area contributed by atoms with E-state index in [-0.39, 0.29) is 11.8 Å². The highest BCUT2D eigenvalue weighted by Crippen LogP contribution is 2.55. The number of halogens is 1. The van der Waals surface area contributed by atoms with Gasteiger partial charge in [-0.25, -0.2) is 0 Å². The molecule has 0 aromatic heterocycles. The molecule has 2 aromatic rings. The first-order chi connectivity index (χ1) is 10.2. The SMILES string of the molecule is C=CC1CC1(C(=O)Nc1ccccc1)c1ccc(Cl)cc1. The van der Waals surface area contributed by atoms with Gasteiger partial charge in [-0.3, -0.25) is 4.79 Å². The van der Waals surface area contributed by atoms with Gasteiger partial charge >= 0.3 is 0 Å². The molecule has 2 aromatic carbocycles. The van der Waals surface area contributed by atoms with Crippen molar-refractivity contribution in [3.8, 4) is 0 Å². The van der Waals surface area contributed by atoms with E-state index in [4.69, 9.17) is 11.6 Å². The number of benzene rings is 2. The number of hydrogen-bond acceptors (Lipinski definition) is 1. The lowest BCUT2D eigenvalue weighted by Gasteiger charge is -2.17. The molecule has 3 rings (SSSR count). The number of carbonyl (C=O) groups is 1. The molecule has 0 heterocycles. The maximum Gasteiger partial charge on any atom is 0.235 e. The lowest BCUT2D eigenvalue weighted by Crippen LogP contribution is -2.29. The molecule has 0 aliphatic heterocycles. The smallest absolute Gasteiger partial charge is 0.235 e. The van der Waals surface area contributed by atoms with Crippen molar-refractivity contribution in [2.24, 2.45) is 5.92 Å². The Morgan fingerprint density at radius 3 is 2.43 bits per heavy atom. The van der Waals surface area contributed by atoms with E-state index in [1.54, 1.807) is 0 Å². The summed E-state index contributed by atoms with van der Waals surface area (Å²) in [6, 6.07) is 17.0. The second kappa shape index (κ2) is 5.38. The molecule has 0 radical (unpaired) electrons. The number of allylic oxidation sites excluding steroid dienone is 1. The zero-order valence-electron chi connectivity index (χ0n) is 11.6. The van der Waals surface area contributed by atoms with Crippen LogP contribution in [0.5, 0.6) is 0 Å². The molecule has 1 fully saturated rings. The Balaban J connectivity index is 1.90. The number of para-hydroxylation sites is 1. The first kappa shape index (κ1) is 13.9.